The third kappa shape index (κ3) is 11.2. The monoisotopic (exact) mass is 468 g/mol. The van der Waals surface area contributed by atoms with Gasteiger partial charge in [0.25, 0.3) is 0 Å². The first-order valence-electron chi connectivity index (χ1n) is 9.48. The van der Waals surface area contributed by atoms with Crippen LogP contribution in [0.25, 0.3) is 0 Å². The van der Waals surface area contributed by atoms with Gasteiger partial charge in [0.1, 0.15) is 0 Å². The smallest absolute Gasteiger partial charge is 1.00 e. The fourth-order valence-electron chi connectivity index (χ4n) is 3.06. The van der Waals surface area contributed by atoms with Gasteiger partial charge < -0.3 is 13.1 Å². The molecule has 0 atom stereocenters. The van der Waals surface area contributed by atoms with E-state index in [4.69, 9.17) is 0 Å². The van der Waals surface area contributed by atoms with Crippen LogP contribution >= 0.6 is 0 Å². The number of carboxylic acids is 2. The van der Waals surface area contributed by atoms with Gasteiger partial charge in [-0.2, -0.15) is 0 Å². The quantitative estimate of drug-likeness (QED) is 0.179. The van der Waals surface area contributed by atoms with E-state index in [-0.39, 0.29) is 64.6 Å². The largest absolute Gasteiger partial charge is 2.00 e. The first-order chi connectivity index (χ1) is 11.0. The molecule has 0 radical (unpaired) electrons. The van der Waals surface area contributed by atoms with Gasteiger partial charge >= 0.3 is 60.8 Å². The number of unbranched alkanes of at least 4 members (excludes halogenated alkanes) is 10. The average Bonchev–Trinajstić information content (AvgIpc) is 2.51. The van der Waals surface area contributed by atoms with Crippen molar-refractivity contribution in [2.45, 2.75) is 104 Å². The molecule has 0 aromatic carbocycles. The van der Waals surface area contributed by atoms with Crippen molar-refractivity contribution < 1.29 is 22.7 Å². The van der Waals surface area contributed by atoms with Gasteiger partial charge in [0.05, 0.1) is 0 Å². The summed E-state index contributed by atoms with van der Waals surface area (Å²) in [5.41, 5.74) is -1.57. The van der Waals surface area contributed by atoms with Gasteiger partial charge in [0, 0.05) is 0 Å². The van der Waals surface area contributed by atoms with Crippen LogP contribution in [0, 0.1) is 5.41 Å². The topological polar surface area (TPSA) is 74.6 Å². The summed E-state index contributed by atoms with van der Waals surface area (Å²) < 4.78 is 0. The standard InChI is InChI=1S/C19H36O4.Ba.2H/c1-3-5-7-9-11-13-15-19(17(20)21,18(22)23)16-14-12-10-8-6-4-2;;;/h3-16H2,1-2H3,(H,20,21)(H,22,23);;;/q;+2;2*-1. The van der Waals surface area contributed by atoms with E-state index in [1.165, 1.54) is 25.7 Å². The maximum atomic E-state index is 11.6. The molecule has 4 nitrogen and oxygen atoms in total. The maximum Gasteiger partial charge on any atom is 2.00 e. The molecule has 0 unspecified atom stereocenters. The Hall–Kier alpha value is 0.511. The number of carbonyl (C=O) groups is 2. The molecule has 0 aliphatic heterocycles. The third-order valence-corrected chi connectivity index (χ3v) is 4.73. The van der Waals surface area contributed by atoms with E-state index in [1.807, 2.05) is 0 Å². The second kappa shape index (κ2) is 17.0. The van der Waals surface area contributed by atoms with Crippen LogP contribution in [0.4, 0.5) is 0 Å². The fourth-order valence-corrected chi connectivity index (χ4v) is 3.06. The van der Waals surface area contributed by atoms with Gasteiger partial charge in [0.15, 0.2) is 5.41 Å². The minimum absolute atomic E-state index is 0. The number of carboxylic acid groups (broad SMARTS) is 2. The van der Waals surface area contributed by atoms with Crippen molar-refractivity contribution in [2.24, 2.45) is 5.41 Å². The molecule has 0 amide bonds. The molecule has 0 aromatic heterocycles. The zero-order valence-electron chi connectivity index (χ0n) is 17.8. The van der Waals surface area contributed by atoms with Gasteiger partial charge in [-0.3, -0.25) is 9.59 Å². The second-order valence-corrected chi connectivity index (χ2v) is 6.73. The Balaban J connectivity index is -0.000000807. The Labute approximate surface area is 191 Å². The predicted octanol–water partition coefficient (Wildman–Crippen LogP) is 5.49. The molecule has 140 valence electrons. The SMILES string of the molecule is CCCCCCCCC(CCCCCCCC)(C(=O)O)C(=O)O.[Ba+2].[H-].[H-]. The normalized spacial score (nSPS) is 11.1. The summed E-state index contributed by atoms with van der Waals surface area (Å²) in [6.07, 6.45) is 13.0. The van der Waals surface area contributed by atoms with Crippen LogP contribution in [0.2, 0.25) is 0 Å². The molecule has 0 saturated carbocycles. The molecule has 0 spiro atoms. The molecule has 0 heterocycles. The van der Waals surface area contributed by atoms with Gasteiger partial charge in [-0.1, -0.05) is 90.9 Å². The molecule has 24 heavy (non-hydrogen) atoms. The van der Waals surface area contributed by atoms with Crippen LogP contribution < -0.4 is 0 Å². The zero-order valence-corrected chi connectivity index (χ0v) is 20.3. The minimum Gasteiger partial charge on any atom is -1.00 e. The van der Waals surface area contributed by atoms with Crippen molar-refractivity contribution in [3.8, 4) is 0 Å². The van der Waals surface area contributed by atoms with Crippen LogP contribution in [0.5, 0.6) is 0 Å². The average molecular weight is 468 g/mol. The summed E-state index contributed by atoms with van der Waals surface area (Å²) in [6.45, 7) is 4.31. The number of hydrogen-bond acceptors (Lipinski definition) is 2. The van der Waals surface area contributed by atoms with E-state index in [2.05, 4.69) is 13.8 Å². The molecule has 0 aliphatic rings. The molecule has 5 heteroatoms. The van der Waals surface area contributed by atoms with Crippen molar-refractivity contribution in [3.63, 3.8) is 0 Å². The fraction of sp³-hybridized carbons (Fsp3) is 0.895. The first kappa shape index (κ1) is 26.7. The maximum absolute atomic E-state index is 11.6. The zero-order chi connectivity index (χ0) is 17.6. The summed E-state index contributed by atoms with van der Waals surface area (Å²) in [5, 5.41) is 19.0. The predicted molar refractivity (Wildman–Crippen MR) is 102 cm³/mol. The van der Waals surface area contributed by atoms with E-state index in [0.717, 1.165) is 38.5 Å². The number of hydrogen-bond donors (Lipinski definition) is 2. The molecular weight excluding hydrogens is 430 g/mol. The molecule has 0 aromatic rings. The van der Waals surface area contributed by atoms with Gasteiger partial charge in [-0.15, -0.1) is 0 Å². The van der Waals surface area contributed by atoms with Crippen molar-refractivity contribution in [1.82, 2.24) is 0 Å². The summed E-state index contributed by atoms with van der Waals surface area (Å²) >= 11 is 0. The van der Waals surface area contributed by atoms with Crippen LogP contribution in [-0.2, 0) is 9.59 Å². The second-order valence-electron chi connectivity index (χ2n) is 6.73. The summed E-state index contributed by atoms with van der Waals surface area (Å²) in [5.74, 6) is -2.32. The Morgan fingerprint density at radius 1 is 0.667 bits per heavy atom. The number of rotatable bonds is 16. The van der Waals surface area contributed by atoms with Crippen LogP contribution in [0.1, 0.15) is 107 Å². The Bertz CT molecular complexity index is 310. The van der Waals surface area contributed by atoms with Gasteiger partial charge in [-0.25, -0.2) is 0 Å². The van der Waals surface area contributed by atoms with Crippen molar-refractivity contribution in [1.29, 1.82) is 0 Å². The van der Waals surface area contributed by atoms with E-state index in [1.54, 1.807) is 0 Å². The molecular formula is C19H38BaO4. The van der Waals surface area contributed by atoms with Gasteiger partial charge in [0.2, 0.25) is 0 Å². The summed E-state index contributed by atoms with van der Waals surface area (Å²) in [7, 11) is 0. The number of aliphatic carboxylic acids is 2. The molecule has 0 aliphatic carbocycles. The minimum atomic E-state index is -1.57. The first-order valence-corrected chi connectivity index (χ1v) is 9.48. The van der Waals surface area contributed by atoms with Crippen molar-refractivity contribution in [2.75, 3.05) is 0 Å². The van der Waals surface area contributed by atoms with E-state index < -0.39 is 17.4 Å². The Morgan fingerprint density at radius 3 is 1.25 bits per heavy atom. The molecule has 2 N–H and O–H groups in total. The van der Waals surface area contributed by atoms with Crippen LogP contribution in [-0.4, -0.2) is 71.0 Å². The molecule has 0 saturated heterocycles. The molecule has 0 bridgehead atoms. The third-order valence-electron chi connectivity index (χ3n) is 4.73. The summed E-state index contributed by atoms with van der Waals surface area (Å²) in [6, 6.07) is 0. The Kier molecular flexibility index (Phi) is 18.9. The van der Waals surface area contributed by atoms with E-state index >= 15 is 0 Å². The van der Waals surface area contributed by atoms with E-state index in [9.17, 15) is 19.8 Å². The van der Waals surface area contributed by atoms with Crippen molar-refractivity contribution in [3.05, 3.63) is 0 Å². The molecule has 0 fully saturated rings. The Morgan fingerprint density at radius 2 is 0.958 bits per heavy atom. The summed E-state index contributed by atoms with van der Waals surface area (Å²) in [4.78, 5) is 23.2. The van der Waals surface area contributed by atoms with Crippen LogP contribution in [0.3, 0.4) is 0 Å². The van der Waals surface area contributed by atoms with Gasteiger partial charge in [-0.05, 0) is 12.8 Å². The molecule has 0 rings (SSSR count). The van der Waals surface area contributed by atoms with E-state index in [0.29, 0.717) is 12.8 Å². The van der Waals surface area contributed by atoms with Crippen molar-refractivity contribution >= 4 is 60.8 Å². The van der Waals surface area contributed by atoms with Crippen LogP contribution in [0.15, 0.2) is 0 Å².